The predicted octanol–water partition coefficient (Wildman–Crippen LogP) is 4.70. The Balaban J connectivity index is 3.12. The van der Waals surface area contributed by atoms with Crippen LogP contribution in [-0.2, 0) is 0 Å². The third kappa shape index (κ3) is 6.20. The van der Waals surface area contributed by atoms with Crippen LogP contribution in [0.25, 0.3) is 0 Å². The molecular weight excluding hydrogens is 320 g/mol. The van der Waals surface area contributed by atoms with Crippen LogP contribution in [0, 0.1) is 19.3 Å². The summed E-state index contributed by atoms with van der Waals surface area (Å²) >= 11 is 0. The van der Waals surface area contributed by atoms with Gasteiger partial charge in [0.05, 0.1) is 6.21 Å². The molecule has 0 aromatic heterocycles. The van der Waals surface area contributed by atoms with Crippen LogP contribution in [0.5, 0.6) is 0 Å². The van der Waals surface area contributed by atoms with Gasteiger partial charge in [-0.15, -0.1) is 0 Å². The van der Waals surface area contributed by atoms with E-state index in [2.05, 4.69) is 61.7 Å². The summed E-state index contributed by atoms with van der Waals surface area (Å²) in [5.74, 6) is 0.152. The lowest BCUT2D eigenvalue weighted by atomic mass is 9.85. The number of nitrogens with one attached hydrogen (secondary N) is 2. The van der Waals surface area contributed by atoms with E-state index in [-0.39, 0.29) is 5.92 Å². The molecule has 0 aliphatic carbocycles. The molecular formula is C22H30N4. The van der Waals surface area contributed by atoms with Gasteiger partial charge in [-0.25, -0.2) is 0 Å². The molecule has 0 aliphatic rings. The second-order valence-corrected chi connectivity index (χ2v) is 6.10. The maximum atomic E-state index is 7.03. The van der Waals surface area contributed by atoms with Gasteiger partial charge in [0.1, 0.15) is 0 Å². The van der Waals surface area contributed by atoms with Gasteiger partial charge < -0.3 is 10.7 Å². The molecule has 1 aromatic rings. The van der Waals surface area contributed by atoms with Crippen molar-refractivity contribution >= 4 is 12.4 Å². The third-order valence-corrected chi connectivity index (χ3v) is 4.25. The first kappa shape index (κ1) is 21.2. The molecule has 0 amide bonds. The summed E-state index contributed by atoms with van der Waals surface area (Å²) < 4.78 is 0. The summed E-state index contributed by atoms with van der Waals surface area (Å²) in [5.41, 5.74) is 5.78. The number of rotatable bonds is 10. The topological polar surface area (TPSA) is 51.5 Å². The average Bonchev–Trinajstić information content (AvgIpc) is 2.63. The van der Waals surface area contributed by atoms with Crippen LogP contribution in [-0.4, -0.2) is 31.0 Å². The molecule has 0 spiro atoms. The summed E-state index contributed by atoms with van der Waals surface area (Å²) in [6, 6.07) is 6.56. The smallest absolute Gasteiger partial charge is 0.0543 e. The van der Waals surface area contributed by atoms with E-state index in [0.29, 0.717) is 0 Å². The number of aryl methyl sites for hydroxylation is 2. The predicted molar refractivity (Wildman–Crippen MR) is 114 cm³/mol. The number of hydrogen-bond donors (Lipinski definition) is 2. The Labute approximate surface area is 157 Å². The minimum atomic E-state index is 0.152. The lowest BCUT2D eigenvalue weighted by Gasteiger charge is -2.22. The van der Waals surface area contributed by atoms with Crippen molar-refractivity contribution in [3.63, 3.8) is 0 Å². The number of allylic oxidation sites excluding steroid dienone is 3. The molecule has 0 radical (unpaired) electrons. The van der Waals surface area contributed by atoms with Crippen LogP contribution in [0.3, 0.4) is 0 Å². The van der Waals surface area contributed by atoms with Crippen LogP contribution in [0.1, 0.15) is 29.5 Å². The van der Waals surface area contributed by atoms with E-state index in [9.17, 15) is 0 Å². The van der Waals surface area contributed by atoms with Gasteiger partial charge in [0.15, 0.2) is 0 Å². The van der Waals surface area contributed by atoms with Crippen molar-refractivity contribution in [2.24, 2.45) is 5.10 Å². The van der Waals surface area contributed by atoms with Gasteiger partial charge in [0.2, 0.25) is 0 Å². The van der Waals surface area contributed by atoms with E-state index in [1.807, 2.05) is 14.0 Å². The van der Waals surface area contributed by atoms with Crippen molar-refractivity contribution in [3.05, 3.63) is 83.7 Å². The van der Waals surface area contributed by atoms with Crippen molar-refractivity contribution in [1.29, 1.82) is 5.41 Å². The van der Waals surface area contributed by atoms with E-state index < -0.39 is 0 Å². The number of nitrogens with zero attached hydrogens (tertiary/aromatic N) is 2. The second kappa shape index (κ2) is 10.9. The summed E-state index contributed by atoms with van der Waals surface area (Å²) in [6.45, 7) is 15.0. The average molecular weight is 351 g/mol. The molecule has 0 heterocycles. The zero-order valence-electron chi connectivity index (χ0n) is 16.3. The Bertz CT molecular complexity index is 726. The lowest BCUT2D eigenvalue weighted by Crippen LogP contribution is -2.19. The van der Waals surface area contributed by atoms with E-state index in [1.54, 1.807) is 29.7 Å². The van der Waals surface area contributed by atoms with Crippen molar-refractivity contribution in [2.75, 3.05) is 13.6 Å². The highest BCUT2D eigenvalue weighted by molar-refractivity contribution is 5.84. The Morgan fingerprint density at radius 1 is 1.35 bits per heavy atom. The first-order valence-corrected chi connectivity index (χ1v) is 8.65. The summed E-state index contributed by atoms with van der Waals surface area (Å²) in [5, 5.41) is 16.3. The van der Waals surface area contributed by atoms with E-state index >= 15 is 0 Å². The fourth-order valence-electron chi connectivity index (χ4n) is 2.64. The molecule has 0 aliphatic heterocycles. The van der Waals surface area contributed by atoms with Crippen LogP contribution >= 0.6 is 0 Å². The molecule has 0 bridgehead atoms. The van der Waals surface area contributed by atoms with Crippen LogP contribution < -0.4 is 5.32 Å². The van der Waals surface area contributed by atoms with Gasteiger partial charge in [-0.05, 0) is 60.9 Å². The van der Waals surface area contributed by atoms with Gasteiger partial charge in [0.25, 0.3) is 0 Å². The first-order valence-electron chi connectivity index (χ1n) is 8.65. The zero-order valence-corrected chi connectivity index (χ0v) is 16.3. The molecule has 26 heavy (non-hydrogen) atoms. The fraction of sp³-hybridized carbons (Fsp3) is 0.273. The Hall–Kier alpha value is -2.88. The van der Waals surface area contributed by atoms with Crippen molar-refractivity contribution in [3.8, 4) is 0 Å². The van der Waals surface area contributed by atoms with Gasteiger partial charge in [0, 0.05) is 31.9 Å². The third-order valence-electron chi connectivity index (χ3n) is 4.25. The summed E-state index contributed by atoms with van der Waals surface area (Å²) in [6.07, 6.45) is 10.1. The van der Waals surface area contributed by atoms with Gasteiger partial charge in [-0.1, -0.05) is 37.4 Å². The van der Waals surface area contributed by atoms with Crippen LogP contribution in [0.2, 0.25) is 0 Å². The molecule has 138 valence electrons. The van der Waals surface area contributed by atoms with Gasteiger partial charge in [-0.2, -0.15) is 5.10 Å². The number of benzene rings is 1. The zero-order chi connectivity index (χ0) is 19.5. The molecule has 0 saturated heterocycles. The largest absolute Gasteiger partial charge is 0.390 e. The van der Waals surface area contributed by atoms with E-state index in [4.69, 9.17) is 5.41 Å². The molecule has 0 fully saturated rings. The summed E-state index contributed by atoms with van der Waals surface area (Å²) in [7, 11) is 1.82. The minimum absolute atomic E-state index is 0.152. The van der Waals surface area contributed by atoms with Crippen molar-refractivity contribution in [1.82, 2.24) is 10.3 Å². The Morgan fingerprint density at radius 3 is 2.65 bits per heavy atom. The normalized spacial score (nSPS) is 13.0. The maximum Gasteiger partial charge on any atom is 0.0543 e. The van der Waals surface area contributed by atoms with E-state index in [0.717, 1.165) is 17.7 Å². The number of hydrazone groups is 1. The highest BCUT2D eigenvalue weighted by Gasteiger charge is 2.18. The second-order valence-electron chi connectivity index (χ2n) is 6.10. The molecule has 1 unspecified atom stereocenters. The van der Waals surface area contributed by atoms with Gasteiger partial charge in [-0.3, -0.25) is 5.01 Å². The lowest BCUT2D eigenvalue weighted by molar-refractivity contribution is 0.494. The fourth-order valence-corrected chi connectivity index (χ4v) is 2.64. The standard InChI is InChI=1S/C22H30N4/c1-7-21(19(5)15-25-26(6)13-9-12-23)22(16-24-8-2)20-11-10-17(3)18(4)14-20/h7-15,22-24H,2,5,16H2,1,3-4,6H3/b13-9-,21-7-,23-12?,25-15-. The molecule has 0 saturated carbocycles. The minimum Gasteiger partial charge on any atom is -0.390 e. The molecule has 1 atom stereocenters. The highest BCUT2D eigenvalue weighted by atomic mass is 15.4. The van der Waals surface area contributed by atoms with Crippen molar-refractivity contribution in [2.45, 2.75) is 26.7 Å². The maximum absolute atomic E-state index is 7.03. The van der Waals surface area contributed by atoms with Crippen LogP contribution in [0.4, 0.5) is 0 Å². The van der Waals surface area contributed by atoms with Gasteiger partial charge >= 0.3 is 0 Å². The molecule has 1 aromatic carbocycles. The monoisotopic (exact) mass is 350 g/mol. The Morgan fingerprint density at radius 2 is 2.08 bits per heavy atom. The number of hydrogen-bond acceptors (Lipinski definition) is 4. The SMILES string of the molecule is C=CNCC(/C(=C\C)C(=C)/C=N\N(C)/C=C\C=N)c1ccc(C)c(C)c1. The van der Waals surface area contributed by atoms with Crippen LogP contribution in [0.15, 0.2) is 72.2 Å². The molecule has 2 N–H and O–H groups in total. The first-order chi connectivity index (χ1) is 12.4. The quantitative estimate of drug-likeness (QED) is 0.365. The summed E-state index contributed by atoms with van der Waals surface area (Å²) in [4.78, 5) is 0. The Kier molecular flexibility index (Phi) is 8.85. The van der Waals surface area contributed by atoms with E-state index in [1.165, 1.54) is 22.9 Å². The molecule has 4 heteroatoms. The van der Waals surface area contributed by atoms with Crippen molar-refractivity contribution < 1.29 is 0 Å². The molecule has 1 rings (SSSR count). The highest BCUT2D eigenvalue weighted by Crippen LogP contribution is 2.29. The molecule has 4 nitrogen and oxygen atoms in total.